The number of hydrogen-bond donors (Lipinski definition) is 2. The maximum absolute atomic E-state index is 9.39. The van der Waals surface area contributed by atoms with Crippen LogP contribution < -0.4 is 5.32 Å². The van der Waals surface area contributed by atoms with Crippen LogP contribution in [0.25, 0.3) is 17.0 Å². The quantitative estimate of drug-likeness (QED) is 0.717. The molecule has 1 saturated carbocycles. The molecule has 0 spiro atoms. The summed E-state index contributed by atoms with van der Waals surface area (Å²) in [5.74, 6) is 1.18. The van der Waals surface area contributed by atoms with Crippen molar-refractivity contribution in [2.45, 2.75) is 12.8 Å². The first-order chi connectivity index (χ1) is 10.8. The summed E-state index contributed by atoms with van der Waals surface area (Å²) in [6.45, 7) is 0.897. The zero-order chi connectivity index (χ0) is 15.0. The monoisotopic (exact) mass is 297 g/mol. The predicted molar refractivity (Wildman–Crippen MR) is 79.5 cm³/mol. The molecule has 3 heterocycles. The number of anilines is 1. The molecule has 3 aromatic heterocycles. The van der Waals surface area contributed by atoms with Crippen molar-refractivity contribution in [1.29, 1.82) is 0 Å². The molecule has 0 atom stereocenters. The normalized spacial score (nSPS) is 15.9. The Morgan fingerprint density at radius 2 is 2.00 bits per heavy atom. The van der Waals surface area contributed by atoms with Crippen LogP contribution in [0.15, 0.2) is 31.0 Å². The van der Waals surface area contributed by atoms with Crippen molar-refractivity contribution < 1.29 is 5.11 Å². The van der Waals surface area contributed by atoms with E-state index in [1.807, 2.05) is 0 Å². The molecule has 22 heavy (non-hydrogen) atoms. The molecule has 0 aliphatic heterocycles. The van der Waals surface area contributed by atoms with Crippen LogP contribution in [-0.2, 0) is 0 Å². The van der Waals surface area contributed by atoms with E-state index in [-0.39, 0.29) is 12.0 Å². The van der Waals surface area contributed by atoms with Crippen LogP contribution in [0.3, 0.4) is 0 Å². The molecule has 8 nitrogen and oxygen atoms in total. The molecule has 0 saturated heterocycles. The average molecular weight is 297 g/mol. The van der Waals surface area contributed by atoms with Crippen molar-refractivity contribution in [3.8, 4) is 5.95 Å². The van der Waals surface area contributed by atoms with Crippen molar-refractivity contribution >= 4 is 16.9 Å². The summed E-state index contributed by atoms with van der Waals surface area (Å²) in [5.41, 5.74) is 0.660. The van der Waals surface area contributed by atoms with Crippen LogP contribution in [0.4, 0.5) is 5.82 Å². The lowest BCUT2D eigenvalue weighted by Crippen LogP contribution is -2.19. The lowest BCUT2D eigenvalue weighted by atomic mass is 10.1. The van der Waals surface area contributed by atoms with E-state index in [2.05, 4.69) is 30.4 Å². The minimum Gasteiger partial charge on any atom is -0.396 e. The number of hydrogen-bond acceptors (Lipinski definition) is 7. The molecule has 2 N–H and O–H groups in total. The molecule has 0 aromatic carbocycles. The molecule has 0 bridgehead atoms. The number of nitrogens with one attached hydrogen (secondary N) is 1. The Labute approximate surface area is 126 Å². The highest BCUT2D eigenvalue weighted by Crippen LogP contribution is 2.45. The van der Waals surface area contributed by atoms with Gasteiger partial charge in [-0.2, -0.15) is 9.78 Å². The number of aliphatic hydroxyl groups is 1. The molecule has 112 valence electrons. The Hall–Kier alpha value is -2.61. The first kappa shape index (κ1) is 13.1. The van der Waals surface area contributed by atoms with Crippen LogP contribution >= 0.6 is 0 Å². The fourth-order valence-electron chi connectivity index (χ4n) is 2.37. The zero-order valence-electron chi connectivity index (χ0n) is 11.8. The van der Waals surface area contributed by atoms with Crippen LogP contribution in [0.5, 0.6) is 0 Å². The minimum absolute atomic E-state index is 0.00973. The van der Waals surface area contributed by atoms with Gasteiger partial charge in [0.1, 0.15) is 12.1 Å². The van der Waals surface area contributed by atoms with E-state index < -0.39 is 0 Å². The highest BCUT2D eigenvalue weighted by molar-refractivity contribution is 5.86. The third-order valence-corrected chi connectivity index (χ3v) is 4.03. The molecule has 4 rings (SSSR count). The van der Waals surface area contributed by atoms with Crippen molar-refractivity contribution in [2.75, 3.05) is 18.5 Å². The Kier molecular flexibility index (Phi) is 2.97. The largest absolute Gasteiger partial charge is 0.396 e. The molecular weight excluding hydrogens is 282 g/mol. The number of aliphatic hydroxyl groups excluding tert-OH is 1. The second-order valence-electron chi connectivity index (χ2n) is 5.58. The van der Waals surface area contributed by atoms with Gasteiger partial charge >= 0.3 is 0 Å². The molecule has 1 fully saturated rings. The van der Waals surface area contributed by atoms with Crippen molar-refractivity contribution in [1.82, 2.24) is 29.7 Å². The molecule has 0 unspecified atom stereocenters. The van der Waals surface area contributed by atoms with Crippen LogP contribution in [0.1, 0.15) is 12.8 Å². The average Bonchev–Trinajstić information content (AvgIpc) is 3.23. The summed E-state index contributed by atoms with van der Waals surface area (Å²) in [6, 6.07) is 1.75. The molecule has 8 heteroatoms. The van der Waals surface area contributed by atoms with Gasteiger partial charge in [-0.25, -0.2) is 19.9 Å². The van der Waals surface area contributed by atoms with Gasteiger partial charge in [-0.3, -0.25) is 0 Å². The Bertz CT molecular complexity index is 797. The second-order valence-corrected chi connectivity index (χ2v) is 5.58. The third kappa shape index (κ3) is 2.17. The fourth-order valence-corrected chi connectivity index (χ4v) is 2.37. The number of nitrogens with zero attached hydrogens (tertiary/aromatic N) is 6. The van der Waals surface area contributed by atoms with Gasteiger partial charge in [-0.1, -0.05) is 0 Å². The summed E-state index contributed by atoms with van der Waals surface area (Å²) in [6.07, 6.45) is 8.60. The third-order valence-electron chi connectivity index (χ3n) is 4.03. The zero-order valence-corrected chi connectivity index (χ0v) is 11.8. The van der Waals surface area contributed by atoms with E-state index in [0.717, 1.165) is 18.2 Å². The van der Waals surface area contributed by atoms with E-state index in [0.29, 0.717) is 24.0 Å². The van der Waals surface area contributed by atoms with Gasteiger partial charge < -0.3 is 10.4 Å². The SMILES string of the molecule is OCC1(CNc2ncnc3c2cnn3-c2ncccn2)CC1. The summed E-state index contributed by atoms with van der Waals surface area (Å²) in [4.78, 5) is 16.9. The first-order valence-electron chi connectivity index (χ1n) is 7.12. The van der Waals surface area contributed by atoms with Crippen molar-refractivity contribution in [3.05, 3.63) is 31.0 Å². The number of rotatable bonds is 5. The second kappa shape index (κ2) is 4.99. The van der Waals surface area contributed by atoms with Gasteiger partial charge in [0.25, 0.3) is 5.95 Å². The molecule has 1 aliphatic carbocycles. The van der Waals surface area contributed by atoms with Crippen LogP contribution in [0.2, 0.25) is 0 Å². The van der Waals surface area contributed by atoms with Crippen molar-refractivity contribution in [3.63, 3.8) is 0 Å². The standard InChI is InChI=1S/C14H15N7O/c22-8-14(2-3-14)7-17-11-10-6-20-21(12(10)19-9-18-11)13-15-4-1-5-16-13/h1,4-6,9,22H,2-3,7-8H2,(H,17,18,19). The summed E-state index contributed by atoms with van der Waals surface area (Å²) < 4.78 is 1.58. The van der Waals surface area contributed by atoms with Gasteiger partial charge in [-0.05, 0) is 18.9 Å². The highest BCUT2D eigenvalue weighted by Gasteiger charge is 2.41. The maximum Gasteiger partial charge on any atom is 0.252 e. The van der Waals surface area contributed by atoms with E-state index in [4.69, 9.17) is 0 Å². The fraction of sp³-hybridized carbons (Fsp3) is 0.357. The van der Waals surface area contributed by atoms with E-state index >= 15 is 0 Å². The number of fused-ring (bicyclic) bond motifs is 1. The topological polar surface area (TPSA) is 102 Å². The molecule has 1 aliphatic rings. The van der Waals surface area contributed by atoms with Gasteiger partial charge in [0.05, 0.1) is 18.2 Å². The summed E-state index contributed by atoms with van der Waals surface area (Å²) in [7, 11) is 0. The Balaban J connectivity index is 1.68. The Morgan fingerprint density at radius 1 is 1.18 bits per heavy atom. The van der Waals surface area contributed by atoms with Gasteiger partial charge in [-0.15, -0.1) is 0 Å². The van der Waals surface area contributed by atoms with Crippen molar-refractivity contribution in [2.24, 2.45) is 5.41 Å². The van der Waals surface area contributed by atoms with E-state index in [9.17, 15) is 5.11 Å². The number of aromatic nitrogens is 6. The highest BCUT2D eigenvalue weighted by atomic mass is 16.3. The minimum atomic E-state index is 0.00973. The molecule has 3 aromatic rings. The molecule has 0 amide bonds. The lowest BCUT2D eigenvalue weighted by molar-refractivity contribution is 0.219. The molecule has 0 radical (unpaired) electrons. The maximum atomic E-state index is 9.39. The van der Waals surface area contributed by atoms with Crippen LogP contribution in [-0.4, -0.2) is 48.0 Å². The smallest absolute Gasteiger partial charge is 0.252 e. The van der Waals surface area contributed by atoms with Gasteiger partial charge in [0, 0.05) is 24.4 Å². The van der Waals surface area contributed by atoms with Gasteiger partial charge in [0.15, 0.2) is 5.65 Å². The first-order valence-corrected chi connectivity index (χ1v) is 7.12. The lowest BCUT2D eigenvalue weighted by Gasteiger charge is -2.13. The molecular formula is C14H15N7O. The van der Waals surface area contributed by atoms with Gasteiger partial charge in [0.2, 0.25) is 0 Å². The Morgan fingerprint density at radius 3 is 2.73 bits per heavy atom. The van der Waals surface area contributed by atoms with E-state index in [1.54, 1.807) is 29.3 Å². The van der Waals surface area contributed by atoms with Crippen LogP contribution in [0, 0.1) is 5.41 Å². The summed E-state index contributed by atoms with van der Waals surface area (Å²) >= 11 is 0. The summed E-state index contributed by atoms with van der Waals surface area (Å²) in [5, 5.41) is 17.8. The van der Waals surface area contributed by atoms with E-state index in [1.165, 1.54) is 6.33 Å². The predicted octanol–water partition coefficient (Wildman–Crippen LogP) is 0.790.